The molecule has 218 valence electrons. The maximum Gasteiger partial charge on any atom is 0.264 e. The van der Waals surface area contributed by atoms with Crippen LogP contribution in [0.4, 0.5) is 5.69 Å². The Morgan fingerprint density at radius 1 is 0.833 bits per heavy atom. The molecule has 0 fully saturated rings. The fourth-order valence-electron chi connectivity index (χ4n) is 4.75. The number of hydrogen-bond acceptors (Lipinski definition) is 4. The van der Waals surface area contributed by atoms with Crippen LogP contribution in [-0.2, 0) is 32.6 Å². The van der Waals surface area contributed by atoms with Gasteiger partial charge in [-0.25, -0.2) is 8.42 Å². The summed E-state index contributed by atoms with van der Waals surface area (Å²) in [6.45, 7) is 3.53. The largest absolute Gasteiger partial charge is 0.355 e. The molecule has 0 saturated carbocycles. The van der Waals surface area contributed by atoms with Crippen LogP contribution in [0.25, 0.3) is 0 Å². The molecule has 0 aliphatic heterocycles. The summed E-state index contributed by atoms with van der Waals surface area (Å²) < 4.78 is 29.1. The second-order valence-corrected chi connectivity index (χ2v) is 12.2. The average Bonchev–Trinajstić information content (AvgIpc) is 2.99. The van der Waals surface area contributed by atoms with E-state index in [-0.39, 0.29) is 23.8 Å². The number of carbonyl (C=O) groups excluding carboxylic acids is 2. The Kier molecular flexibility index (Phi) is 10.4. The summed E-state index contributed by atoms with van der Waals surface area (Å²) in [7, 11) is -4.14. The van der Waals surface area contributed by atoms with E-state index >= 15 is 0 Å². The van der Waals surface area contributed by atoms with Crippen LogP contribution in [0.1, 0.15) is 23.6 Å². The number of aryl methyl sites for hydroxylation is 1. The summed E-state index contributed by atoms with van der Waals surface area (Å²) in [6, 6.07) is 30.6. The van der Waals surface area contributed by atoms with Gasteiger partial charge >= 0.3 is 0 Å². The van der Waals surface area contributed by atoms with Crippen molar-refractivity contribution in [1.82, 2.24) is 10.2 Å². The molecule has 1 unspecified atom stereocenters. The predicted molar refractivity (Wildman–Crippen MR) is 167 cm³/mol. The van der Waals surface area contributed by atoms with Gasteiger partial charge in [0.2, 0.25) is 11.8 Å². The summed E-state index contributed by atoms with van der Waals surface area (Å²) in [5.74, 6) is -0.852. The number of para-hydroxylation sites is 1. The molecule has 4 aromatic rings. The van der Waals surface area contributed by atoms with E-state index in [2.05, 4.69) is 5.32 Å². The zero-order chi connectivity index (χ0) is 30.1. The second-order valence-electron chi connectivity index (χ2n) is 9.86. The van der Waals surface area contributed by atoms with E-state index in [1.807, 2.05) is 49.4 Å². The highest BCUT2D eigenvalue weighted by Crippen LogP contribution is 2.27. The standard InChI is InChI=1S/C33H34ClN3O4S/c1-3-35-33(39)31(22-26-14-6-4-7-15-26)36(23-27-16-12-17-28(34)21-27)32(38)24-37(30-20-11-10-13-25(30)2)42(40,41)29-18-8-5-9-19-29/h4-21,31H,3,22-24H2,1-2H3,(H,35,39). The minimum absolute atomic E-state index is 0.0566. The molecule has 0 aromatic heterocycles. The number of hydrogen-bond donors (Lipinski definition) is 1. The third-order valence-corrected chi connectivity index (χ3v) is 8.87. The van der Waals surface area contributed by atoms with Gasteiger partial charge < -0.3 is 10.2 Å². The average molecular weight is 604 g/mol. The lowest BCUT2D eigenvalue weighted by Gasteiger charge is -2.34. The first-order chi connectivity index (χ1) is 20.2. The van der Waals surface area contributed by atoms with E-state index in [0.717, 1.165) is 9.87 Å². The summed E-state index contributed by atoms with van der Waals surface area (Å²) in [5, 5.41) is 3.35. The van der Waals surface area contributed by atoms with Crippen LogP contribution < -0.4 is 9.62 Å². The van der Waals surface area contributed by atoms with Crippen molar-refractivity contribution in [2.24, 2.45) is 0 Å². The third-order valence-electron chi connectivity index (χ3n) is 6.86. The van der Waals surface area contributed by atoms with E-state index < -0.39 is 28.5 Å². The van der Waals surface area contributed by atoms with Gasteiger partial charge in [0.1, 0.15) is 12.6 Å². The fraction of sp³-hybridized carbons (Fsp3) is 0.212. The second kappa shape index (κ2) is 14.2. The number of carbonyl (C=O) groups is 2. The summed E-state index contributed by atoms with van der Waals surface area (Å²) >= 11 is 6.27. The van der Waals surface area contributed by atoms with Crippen LogP contribution in [0.2, 0.25) is 5.02 Å². The van der Waals surface area contributed by atoms with Crippen LogP contribution >= 0.6 is 11.6 Å². The topological polar surface area (TPSA) is 86.8 Å². The number of nitrogens with one attached hydrogen (secondary N) is 1. The molecule has 0 aliphatic carbocycles. The number of anilines is 1. The Hall–Kier alpha value is -4.14. The molecule has 9 heteroatoms. The minimum atomic E-state index is -4.14. The maximum atomic E-state index is 14.4. The van der Waals surface area contributed by atoms with Crippen LogP contribution in [0, 0.1) is 6.92 Å². The van der Waals surface area contributed by atoms with Crippen LogP contribution in [-0.4, -0.2) is 44.3 Å². The van der Waals surface area contributed by atoms with Crippen molar-refractivity contribution in [3.63, 3.8) is 0 Å². The fourth-order valence-corrected chi connectivity index (χ4v) is 6.47. The number of likely N-dealkylation sites (N-methyl/N-ethyl adjacent to an activating group) is 1. The number of amides is 2. The van der Waals surface area contributed by atoms with Crippen molar-refractivity contribution in [1.29, 1.82) is 0 Å². The Morgan fingerprint density at radius 2 is 1.45 bits per heavy atom. The van der Waals surface area contributed by atoms with Gasteiger partial charge in [0.05, 0.1) is 10.6 Å². The molecule has 1 atom stereocenters. The lowest BCUT2D eigenvalue weighted by molar-refractivity contribution is -0.140. The van der Waals surface area contributed by atoms with Crippen LogP contribution in [0.5, 0.6) is 0 Å². The van der Waals surface area contributed by atoms with Gasteiger partial charge in [0.25, 0.3) is 10.0 Å². The van der Waals surface area contributed by atoms with Crippen LogP contribution in [0.15, 0.2) is 114 Å². The minimum Gasteiger partial charge on any atom is -0.355 e. The highest BCUT2D eigenvalue weighted by atomic mass is 35.5. The highest BCUT2D eigenvalue weighted by Gasteiger charge is 2.34. The normalized spacial score (nSPS) is 11.9. The Labute approximate surface area is 252 Å². The molecule has 0 heterocycles. The quantitative estimate of drug-likeness (QED) is 0.228. The van der Waals surface area contributed by atoms with E-state index in [1.165, 1.54) is 17.0 Å². The molecule has 42 heavy (non-hydrogen) atoms. The zero-order valence-electron chi connectivity index (χ0n) is 23.6. The molecule has 7 nitrogen and oxygen atoms in total. The molecule has 0 radical (unpaired) electrons. The van der Waals surface area contributed by atoms with Gasteiger partial charge in [0, 0.05) is 24.5 Å². The zero-order valence-corrected chi connectivity index (χ0v) is 25.2. The molecular weight excluding hydrogens is 570 g/mol. The van der Waals surface area contributed by atoms with Crippen molar-refractivity contribution in [2.45, 2.75) is 37.8 Å². The van der Waals surface area contributed by atoms with Crippen molar-refractivity contribution in [2.75, 3.05) is 17.4 Å². The molecule has 0 saturated heterocycles. The van der Waals surface area contributed by atoms with Crippen molar-refractivity contribution in [3.05, 3.63) is 131 Å². The highest BCUT2D eigenvalue weighted by molar-refractivity contribution is 7.92. The first-order valence-corrected chi connectivity index (χ1v) is 15.5. The van der Waals surface area contributed by atoms with Gasteiger partial charge in [-0.3, -0.25) is 13.9 Å². The Morgan fingerprint density at radius 3 is 2.10 bits per heavy atom. The molecular formula is C33H34ClN3O4S. The van der Waals surface area contributed by atoms with Gasteiger partial charge in [-0.05, 0) is 60.9 Å². The lowest BCUT2D eigenvalue weighted by atomic mass is 10.0. The molecule has 4 rings (SSSR count). The number of rotatable bonds is 12. The molecule has 1 N–H and O–H groups in total. The molecule has 0 aliphatic rings. The first-order valence-electron chi connectivity index (χ1n) is 13.7. The maximum absolute atomic E-state index is 14.4. The number of halogens is 1. The Balaban J connectivity index is 1.80. The summed E-state index contributed by atoms with van der Waals surface area (Å²) in [4.78, 5) is 29.4. The summed E-state index contributed by atoms with van der Waals surface area (Å²) in [6.07, 6.45) is 0.245. The van der Waals surface area contributed by atoms with E-state index in [0.29, 0.717) is 28.4 Å². The third kappa shape index (κ3) is 7.57. The number of sulfonamides is 1. The summed E-state index contributed by atoms with van der Waals surface area (Å²) in [5.41, 5.74) is 2.66. The molecule has 4 aromatic carbocycles. The van der Waals surface area contributed by atoms with E-state index in [4.69, 9.17) is 11.6 Å². The molecule has 0 spiro atoms. The van der Waals surface area contributed by atoms with Gasteiger partial charge in [0.15, 0.2) is 0 Å². The Bertz CT molecular complexity index is 1610. The SMILES string of the molecule is CCNC(=O)C(Cc1ccccc1)N(Cc1cccc(Cl)c1)C(=O)CN(c1ccccc1C)S(=O)(=O)c1ccccc1. The molecule has 0 bridgehead atoms. The lowest BCUT2D eigenvalue weighted by Crippen LogP contribution is -2.53. The van der Waals surface area contributed by atoms with E-state index in [1.54, 1.807) is 61.5 Å². The van der Waals surface area contributed by atoms with Gasteiger partial charge in [-0.15, -0.1) is 0 Å². The van der Waals surface area contributed by atoms with Crippen molar-refractivity contribution < 1.29 is 18.0 Å². The smallest absolute Gasteiger partial charge is 0.264 e. The van der Waals surface area contributed by atoms with E-state index in [9.17, 15) is 18.0 Å². The first kappa shape index (κ1) is 30.8. The van der Waals surface area contributed by atoms with Gasteiger partial charge in [-0.2, -0.15) is 0 Å². The monoisotopic (exact) mass is 603 g/mol. The van der Waals surface area contributed by atoms with Crippen molar-refractivity contribution >= 4 is 39.1 Å². The van der Waals surface area contributed by atoms with Crippen LogP contribution in [0.3, 0.4) is 0 Å². The number of nitrogens with zero attached hydrogens (tertiary/aromatic N) is 2. The van der Waals surface area contributed by atoms with Gasteiger partial charge in [-0.1, -0.05) is 90.5 Å². The number of benzene rings is 4. The molecule has 2 amide bonds. The predicted octanol–water partition coefficient (Wildman–Crippen LogP) is 5.62. The van der Waals surface area contributed by atoms with Crippen molar-refractivity contribution in [3.8, 4) is 0 Å².